The van der Waals surface area contributed by atoms with Crippen molar-refractivity contribution in [3.63, 3.8) is 0 Å². The second-order valence-electron chi connectivity index (χ2n) is 11.4. The molecule has 6 nitrogen and oxygen atoms in total. The minimum absolute atomic E-state index is 0.183. The highest BCUT2D eigenvalue weighted by atomic mass is 16.3. The second kappa shape index (κ2) is 15.1. The summed E-state index contributed by atoms with van der Waals surface area (Å²) in [7, 11) is 0. The fourth-order valence-corrected chi connectivity index (χ4v) is 5.55. The van der Waals surface area contributed by atoms with E-state index in [0.29, 0.717) is 35.1 Å². The van der Waals surface area contributed by atoms with Gasteiger partial charge in [-0.2, -0.15) is 9.98 Å². The fraction of sp³-hybridized carbons (Fsp3) is 0.200. The number of hydrogen-bond acceptors (Lipinski definition) is 4. The third-order valence-corrected chi connectivity index (χ3v) is 7.97. The van der Waals surface area contributed by atoms with Crippen molar-refractivity contribution in [2.45, 2.75) is 51.4 Å². The summed E-state index contributed by atoms with van der Waals surface area (Å²) in [5, 5.41) is 1.92. The molecule has 2 aromatic heterocycles. The van der Waals surface area contributed by atoms with Crippen molar-refractivity contribution in [1.82, 2.24) is 0 Å². The molecule has 6 aromatic rings. The van der Waals surface area contributed by atoms with Crippen LogP contribution < -0.4 is 11.1 Å². The lowest BCUT2D eigenvalue weighted by Crippen LogP contribution is -2.10. The van der Waals surface area contributed by atoms with Gasteiger partial charge in [-0.15, -0.1) is 0 Å². The lowest BCUT2D eigenvalue weighted by atomic mass is 10.1. The maximum atomic E-state index is 12.8. The SMILES string of the molecule is O=C(CCCCCCCCC(=O)N=c1oc2ccccc2cc1-c1ccccc1)N=c1oc2ccccc2cc1-c1ccccc1. The largest absolute Gasteiger partial charge is 0.438 e. The molecule has 0 saturated carbocycles. The van der Waals surface area contributed by atoms with Crippen LogP contribution in [0.15, 0.2) is 140 Å². The van der Waals surface area contributed by atoms with Crippen molar-refractivity contribution in [1.29, 1.82) is 0 Å². The molecule has 2 heterocycles. The van der Waals surface area contributed by atoms with Crippen molar-refractivity contribution in [3.8, 4) is 22.3 Å². The van der Waals surface area contributed by atoms with Crippen molar-refractivity contribution in [3.05, 3.63) is 132 Å². The van der Waals surface area contributed by atoms with Crippen LogP contribution in [0, 0.1) is 0 Å². The van der Waals surface area contributed by atoms with Gasteiger partial charge < -0.3 is 8.83 Å². The number of unbranched alkanes of at least 4 members (excludes halogenated alkanes) is 5. The molecule has 0 spiro atoms. The van der Waals surface area contributed by atoms with E-state index >= 15 is 0 Å². The number of amides is 2. The molecule has 6 rings (SSSR count). The lowest BCUT2D eigenvalue weighted by Gasteiger charge is -2.05. The molecule has 0 N–H and O–H groups in total. The zero-order valence-electron chi connectivity index (χ0n) is 25.7. The van der Waals surface area contributed by atoms with Crippen LogP contribution in [0.4, 0.5) is 0 Å². The third kappa shape index (κ3) is 7.83. The van der Waals surface area contributed by atoms with E-state index in [4.69, 9.17) is 8.83 Å². The summed E-state index contributed by atoms with van der Waals surface area (Å²) >= 11 is 0. The van der Waals surface area contributed by atoms with E-state index in [1.807, 2.05) is 121 Å². The summed E-state index contributed by atoms with van der Waals surface area (Å²) < 4.78 is 12.1. The molecule has 0 aliphatic carbocycles. The summed E-state index contributed by atoms with van der Waals surface area (Å²) in [6, 6.07) is 39.3. The van der Waals surface area contributed by atoms with Crippen molar-refractivity contribution in [2.24, 2.45) is 9.98 Å². The maximum absolute atomic E-state index is 12.8. The standard InChI is InChI=1S/C40H36N2O4/c43-37(41-39-33(29-17-7-5-8-18-29)27-31-21-13-15-23-35(31)45-39)25-11-3-1-2-4-12-26-38(44)42-40-34(30-19-9-6-10-20-30)28-32-22-14-16-24-36(32)46-40/h5-10,13-24,27-28H,1-4,11-12,25-26H2. The lowest BCUT2D eigenvalue weighted by molar-refractivity contribution is -0.119. The van der Waals surface area contributed by atoms with Crippen molar-refractivity contribution < 1.29 is 18.4 Å². The fourth-order valence-electron chi connectivity index (χ4n) is 5.55. The van der Waals surface area contributed by atoms with Crippen LogP contribution in [0.1, 0.15) is 51.4 Å². The molecule has 46 heavy (non-hydrogen) atoms. The van der Waals surface area contributed by atoms with E-state index in [1.54, 1.807) is 0 Å². The normalized spacial score (nSPS) is 12.2. The highest BCUT2D eigenvalue weighted by Gasteiger charge is 2.10. The molecule has 0 bridgehead atoms. The Hall–Kier alpha value is -5.36. The van der Waals surface area contributed by atoms with Crippen LogP contribution in [0.3, 0.4) is 0 Å². The number of rotatable bonds is 11. The first-order valence-electron chi connectivity index (χ1n) is 16.0. The first-order chi connectivity index (χ1) is 22.6. The first kappa shape index (κ1) is 30.7. The minimum atomic E-state index is -0.183. The van der Waals surface area contributed by atoms with Gasteiger partial charge in [0.05, 0.1) is 0 Å². The molecule has 2 amide bonds. The van der Waals surface area contributed by atoms with Gasteiger partial charge in [0.2, 0.25) is 22.9 Å². The molecular weight excluding hydrogens is 572 g/mol. The molecule has 4 aromatic carbocycles. The van der Waals surface area contributed by atoms with Gasteiger partial charge >= 0.3 is 0 Å². The van der Waals surface area contributed by atoms with Crippen LogP contribution in [0.5, 0.6) is 0 Å². The molecule has 0 radical (unpaired) electrons. The zero-order chi connectivity index (χ0) is 31.6. The number of nitrogens with zero attached hydrogens (tertiary/aromatic N) is 2. The Kier molecular flexibility index (Phi) is 10.1. The Labute approximate surface area is 267 Å². The van der Waals surface area contributed by atoms with E-state index in [0.717, 1.165) is 71.6 Å². The van der Waals surface area contributed by atoms with Gasteiger partial charge in [-0.1, -0.05) is 123 Å². The summed E-state index contributed by atoms with van der Waals surface area (Å²) in [5.41, 5.74) is 5.61. The highest BCUT2D eigenvalue weighted by molar-refractivity contribution is 5.84. The molecule has 0 aliphatic rings. The van der Waals surface area contributed by atoms with E-state index in [2.05, 4.69) is 9.98 Å². The smallest absolute Gasteiger partial charge is 0.248 e. The zero-order valence-corrected chi connectivity index (χ0v) is 25.7. The van der Waals surface area contributed by atoms with Crippen LogP contribution in [-0.4, -0.2) is 11.8 Å². The van der Waals surface area contributed by atoms with Gasteiger partial charge in [0, 0.05) is 34.7 Å². The average molecular weight is 609 g/mol. The summed E-state index contributed by atoms with van der Waals surface area (Å²) in [6.07, 6.45) is 6.10. The first-order valence-corrected chi connectivity index (χ1v) is 16.0. The maximum Gasteiger partial charge on any atom is 0.248 e. The third-order valence-electron chi connectivity index (χ3n) is 7.97. The Balaban J connectivity index is 0.992. The predicted molar refractivity (Wildman–Crippen MR) is 181 cm³/mol. The molecule has 0 atom stereocenters. The van der Waals surface area contributed by atoms with Gasteiger partial charge in [0.25, 0.3) is 0 Å². The van der Waals surface area contributed by atoms with Gasteiger partial charge in [0.15, 0.2) is 0 Å². The predicted octanol–water partition coefficient (Wildman–Crippen LogP) is 9.19. The van der Waals surface area contributed by atoms with Crippen LogP contribution in [-0.2, 0) is 9.59 Å². The van der Waals surface area contributed by atoms with Gasteiger partial charge in [0.1, 0.15) is 11.2 Å². The monoisotopic (exact) mass is 608 g/mol. The van der Waals surface area contributed by atoms with Gasteiger partial charge in [-0.3, -0.25) is 9.59 Å². The van der Waals surface area contributed by atoms with Crippen LogP contribution in [0.25, 0.3) is 44.2 Å². The summed E-state index contributed by atoms with van der Waals surface area (Å²) in [4.78, 5) is 34.3. The molecule has 0 saturated heterocycles. The van der Waals surface area contributed by atoms with Crippen molar-refractivity contribution in [2.75, 3.05) is 0 Å². The molecule has 6 heteroatoms. The average Bonchev–Trinajstić information content (AvgIpc) is 3.09. The Morgan fingerprint density at radius 1 is 0.457 bits per heavy atom. The summed E-state index contributed by atoms with van der Waals surface area (Å²) in [6.45, 7) is 0. The molecular formula is C40H36N2O4. The van der Waals surface area contributed by atoms with E-state index in [1.165, 1.54) is 0 Å². The Morgan fingerprint density at radius 3 is 1.26 bits per heavy atom. The van der Waals surface area contributed by atoms with Crippen LogP contribution in [0.2, 0.25) is 0 Å². The number of carbonyl (C=O) groups is 2. The number of benzene rings is 4. The number of para-hydroxylation sites is 2. The number of hydrogen-bond donors (Lipinski definition) is 0. The van der Waals surface area contributed by atoms with Crippen LogP contribution >= 0.6 is 0 Å². The minimum Gasteiger partial charge on any atom is -0.438 e. The molecule has 230 valence electrons. The van der Waals surface area contributed by atoms with Gasteiger partial charge in [-0.25, -0.2) is 0 Å². The molecule has 0 fully saturated rings. The van der Waals surface area contributed by atoms with Gasteiger partial charge in [-0.05, 0) is 48.2 Å². The van der Waals surface area contributed by atoms with E-state index < -0.39 is 0 Å². The molecule has 0 aliphatic heterocycles. The molecule has 0 unspecified atom stereocenters. The quantitative estimate of drug-likeness (QED) is 0.137. The number of fused-ring (bicyclic) bond motifs is 2. The van der Waals surface area contributed by atoms with E-state index in [-0.39, 0.29) is 11.8 Å². The number of carbonyl (C=O) groups excluding carboxylic acids is 2. The topological polar surface area (TPSA) is 85.1 Å². The Morgan fingerprint density at radius 2 is 0.826 bits per heavy atom. The highest BCUT2D eigenvalue weighted by Crippen LogP contribution is 2.22. The second-order valence-corrected chi connectivity index (χ2v) is 11.4. The van der Waals surface area contributed by atoms with E-state index in [9.17, 15) is 9.59 Å². The Bertz CT molecular complexity index is 1940. The van der Waals surface area contributed by atoms with Crippen molar-refractivity contribution >= 4 is 33.8 Å². The summed E-state index contributed by atoms with van der Waals surface area (Å²) in [5.74, 6) is -0.366.